The van der Waals surface area contributed by atoms with Crippen molar-refractivity contribution >= 4 is 23.9 Å². The molecule has 0 fully saturated rings. The minimum absolute atomic E-state index is 0.00346. The van der Waals surface area contributed by atoms with Crippen LogP contribution in [0.25, 0.3) is 0 Å². The number of esters is 1. The van der Waals surface area contributed by atoms with Crippen LogP contribution in [0.2, 0.25) is 0 Å². The number of nitrogens with zero attached hydrogens (tertiary/aromatic N) is 1. The molecule has 1 heterocycles. The van der Waals surface area contributed by atoms with Crippen molar-refractivity contribution in [3.05, 3.63) is 35.4 Å². The molecule has 0 aliphatic carbocycles. The van der Waals surface area contributed by atoms with Gasteiger partial charge in [-0.2, -0.15) is 0 Å². The van der Waals surface area contributed by atoms with E-state index in [4.69, 9.17) is 15.2 Å². The summed E-state index contributed by atoms with van der Waals surface area (Å²) in [5.41, 5.74) is 6.28. The Morgan fingerprint density at radius 2 is 1.83 bits per heavy atom. The van der Waals surface area contributed by atoms with Crippen molar-refractivity contribution in [2.24, 2.45) is 5.73 Å². The lowest BCUT2D eigenvalue weighted by atomic mass is 9.93. The monoisotopic (exact) mass is 419 g/mol. The second-order valence-electron chi connectivity index (χ2n) is 8.19. The number of hydrogen-bond acceptors (Lipinski definition) is 6. The molecule has 9 heteroatoms. The Bertz CT molecular complexity index is 817. The van der Waals surface area contributed by atoms with Gasteiger partial charge < -0.3 is 20.5 Å². The summed E-state index contributed by atoms with van der Waals surface area (Å²) in [6, 6.07) is 5.59. The zero-order valence-electron chi connectivity index (χ0n) is 17.8. The molecule has 9 nitrogen and oxygen atoms in total. The van der Waals surface area contributed by atoms with E-state index in [1.807, 2.05) is 24.3 Å². The van der Waals surface area contributed by atoms with E-state index in [2.05, 4.69) is 5.32 Å². The lowest BCUT2D eigenvalue weighted by Crippen LogP contribution is -2.56. The first-order valence-corrected chi connectivity index (χ1v) is 9.74. The fourth-order valence-corrected chi connectivity index (χ4v) is 3.22. The maximum absolute atomic E-state index is 13.1. The quantitative estimate of drug-likeness (QED) is 0.669. The Kier molecular flexibility index (Phi) is 7.42. The van der Waals surface area contributed by atoms with Crippen LogP contribution < -0.4 is 11.1 Å². The van der Waals surface area contributed by atoms with Gasteiger partial charge in [0.2, 0.25) is 11.8 Å². The SMILES string of the molecule is COC(=O)[C@H](CCC(N)=O)NC(=O)[C@@H]1Cc2ccccc2CN1C(=O)OC(C)(C)C. The fraction of sp³-hybridized carbons (Fsp3) is 0.524. The van der Waals surface area contributed by atoms with Crippen LogP contribution in [0.15, 0.2) is 24.3 Å². The Morgan fingerprint density at radius 3 is 2.40 bits per heavy atom. The Hall–Kier alpha value is -3.10. The second kappa shape index (κ2) is 9.60. The number of hydrogen-bond donors (Lipinski definition) is 2. The summed E-state index contributed by atoms with van der Waals surface area (Å²) < 4.78 is 10.2. The van der Waals surface area contributed by atoms with Gasteiger partial charge in [0.15, 0.2) is 0 Å². The van der Waals surface area contributed by atoms with Crippen LogP contribution in [-0.4, -0.2) is 53.6 Å². The van der Waals surface area contributed by atoms with Gasteiger partial charge in [0.05, 0.1) is 13.7 Å². The van der Waals surface area contributed by atoms with E-state index in [9.17, 15) is 19.2 Å². The third-order valence-electron chi connectivity index (χ3n) is 4.66. The van der Waals surface area contributed by atoms with Gasteiger partial charge in [0.1, 0.15) is 17.7 Å². The predicted molar refractivity (Wildman–Crippen MR) is 108 cm³/mol. The molecule has 1 aromatic carbocycles. The van der Waals surface area contributed by atoms with E-state index in [1.165, 1.54) is 12.0 Å². The highest BCUT2D eigenvalue weighted by atomic mass is 16.6. The molecule has 0 spiro atoms. The molecule has 164 valence electrons. The first-order valence-electron chi connectivity index (χ1n) is 9.74. The summed E-state index contributed by atoms with van der Waals surface area (Å²) in [7, 11) is 1.19. The Balaban J connectivity index is 2.26. The average Bonchev–Trinajstić information content (AvgIpc) is 2.67. The van der Waals surface area contributed by atoms with Crippen molar-refractivity contribution in [3.8, 4) is 0 Å². The zero-order chi connectivity index (χ0) is 22.5. The Morgan fingerprint density at radius 1 is 1.20 bits per heavy atom. The summed E-state index contributed by atoms with van der Waals surface area (Å²) >= 11 is 0. The number of methoxy groups -OCH3 is 1. The number of rotatable bonds is 6. The van der Waals surface area contributed by atoms with Crippen LogP contribution in [0.1, 0.15) is 44.7 Å². The molecule has 1 aliphatic heterocycles. The van der Waals surface area contributed by atoms with Crippen molar-refractivity contribution in [2.45, 2.75) is 64.3 Å². The smallest absolute Gasteiger partial charge is 0.411 e. The van der Waals surface area contributed by atoms with Gasteiger partial charge in [0, 0.05) is 12.8 Å². The van der Waals surface area contributed by atoms with E-state index >= 15 is 0 Å². The minimum Gasteiger partial charge on any atom is -0.467 e. The van der Waals surface area contributed by atoms with Gasteiger partial charge in [-0.15, -0.1) is 0 Å². The number of carbonyl (C=O) groups is 4. The number of amides is 3. The lowest BCUT2D eigenvalue weighted by Gasteiger charge is -2.37. The van der Waals surface area contributed by atoms with Crippen LogP contribution >= 0.6 is 0 Å². The Labute approximate surface area is 175 Å². The molecule has 0 saturated heterocycles. The van der Waals surface area contributed by atoms with Crippen molar-refractivity contribution in [2.75, 3.05) is 7.11 Å². The van der Waals surface area contributed by atoms with Crippen molar-refractivity contribution < 1.29 is 28.7 Å². The molecule has 0 unspecified atom stereocenters. The molecule has 1 aromatic rings. The molecule has 0 saturated carbocycles. The van der Waals surface area contributed by atoms with Crippen LogP contribution in [0.5, 0.6) is 0 Å². The number of ether oxygens (including phenoxy) is 2. The number of fused-ring (bicyclic) bond motifs is 1. The van der Waals surface area contributed by atoms with Gasteiger partial charge in [-0.25, -0.2) is 9.59 Å². The summed E-state index contributed by atoms with van der Waals surface area (Å²) in [6.07, 6.45) is -0.443. The van der Waals surface area contributed by atoms with Crippen LogP contribution in [0.3, 0.4) is 0 Å². The van der Waals surface area contributed by atoms with Crippen LogP contribution in [-0.2, 0) is 36.8 Å². The van der Waals surface area contributed by atoms with E-state index < -0.39 is 41.6 Å². The molecule has 0 radical (unpaired) electrons. The lowest BCUT2D eigenvalue weighted by molar-refractivity contribution is -0.146. The van der Waals surface area contributed by atoms with E-state index in [1.54, 1.807) is 20.8 Å². The number of carbonyl (C=O) groups excluding carboxylic acids is 4. The van der Waals surface area contributed by atoms with Gasteiger partial charge >= 0.3 is 12.1 Å². The highest BCUT2D eigenvalue weighted by molar-refractivity contribution is 5.90. The normalized spacial score (nSPS) is 16.8. The van der Waals surface area contributed by atoms with E-state index in [0.29, 0.717) is 0 Å². The number of primary amides is 1. The second-order valence-corrected chi connectivity index (χ2v) is 8.19. The molecular weight excluding hydrogens is 390 g/mol. The molecule has 2 rings (SSSR count). The third kappa shape index (κ3) is 6.20. The molecular formula is C21H29N3O6. The number of benzene rings is 1. The number of nitrogens with two attached hydrogens (primary N) is 1. The zero-order valence-corrected chi connectivity index (χ0v) is 17.8. The molecule has 1 aliphatic rings. The summed E-state index contributed by atoms with van der Waals surface area (Å²) in [6.45, 7) is 5.44. The molecule has 2 atom stereocenters. The van der Waals surface area contributed by atoms with Crippen molar-refractivity contribution in [3.63, 3.8) is 0 Å². The molecule has 30 heavy (non-hydrogen) atoms. The highest BCUT2D eigenvalue weighted by Gasteiger charge is 2.38. The minimum atomic E-state index is -1.05. The summed E-state index contributed by atoms with van der Waals surface area (Å²) in [5, 5.41) is 2.60. The van der Waals surface area contributed by atoms with Gasteiger partial charge in [0.25, 0.3) is 0 Å². The van der Waals surface area contributed by atoms with Crippen molar-refractivity contribution in [1.82, 2.24) is 10.2 Å². The van der Waals surface area contributed by atoms with Crippen molar-refractivity contribution in [1.29, 1.82) is 0 Å². The topological polar surface area (TPSA) is 128 Å². The third-order valence-corrected chi connectivity index (χ3v) is 4.66. The maximum atomic E-state index is 13.1. The first kappa shape index (κ1) is 23.2. The standard InChI is InChI=1S/C21H29N3O6/c1-21(2,3)30-20(28)24-12-14-8-6-5-7-13(14)11-16(24)18(26)23-15(19(27)29-4)9-10-17(22)25/h5-8,15-16H,9-12H2,1-4H3,(H2,22,25)(H,23,26)/t15-,16-/m0/s1. The molecule has 0 bridgehead atoms. The summed E-state index contributed by atoms with van der Waals surface area (Å²) in [5.74, 6) is -1.82. The first-order chi connectivity index (χ1) is 14.0. The van der Waals surface area contributed by atoms with Gasteiger partial charge in [-0.05, 0) is 38.3 Å². The molecule has 3 amide bonds. The van der Waals surface area contributed by atoms with Gasteiger partial charge in [-0.3, -0.25) is 14.5 Å². The fourth-order valence-electron chi connectivity index (χ4n) is 3.22. The number of nitrogens with one attached hydrogen (secondary N) is 1. The molecule has 0 aromatic heterocycles. The predicted octanol–water partition coefficient (Wildman–Crippen LogP) is 1.27. The van der Waals surface area contributed by atoms with E-state index in [0.717, 1.165) is 11.1 Å². The maximum Gasteiger partial charge on any atom is 0.411 e. The van der Waals surface area contributed by atoms with E-state index in [-0.39, 0.29) is 25.8 Å². The molecule has 3 N–H and O–H groups in total. The average molecular weight is 419 g/mol. The van der Waals surface area contributed by atoms with Crippen LogP contribution in [0.4, 0.5) is 4.79 Å². The summed E-state index contributed by atoms with van der Waals surface area (Å²) in [4.78, 5) is 50.4. The highest BCUT2D eigenvalue weighted by Crippen LogP contribution is 2.25. The van der Waals surface area contributed by atoms with Gasteiger partial charge in [-0.1, -0.05) is 24.3 Å². The van der Waals surface area contributed by atoms with Crippen LogP contribution in [0, 0.1) is 0 Å². The largest absolute Gasteiger partial charge is 0.467 e.